The number of hydrogen-bond donors (Lipinski definition) is 3. The SMILES string of the molecule is O=C(O)C1CC(c2ccc3c(c2)CCO3)NN1. The second kappa shape index (κ2) is 4.01. The Morgan fingerprint density at radius 1 is 1.41 bits per heavy atom. The molecule has 0 saturated carbocycles. The van der Waals surface area contributed by atoms with Gasteiger partial charge in [-0.1, -0.05) is 12.1 Å². The van der Waals surface area contributed by atoms with E-state index in [1.807, 2.05) is 12.1 Å². The smallest absolute Gasteiger partial charge is 0.322 e. The molecule has 0 aromatic heterocycles. The first kappa shape index (κ1) is 10.6. The van der Waals surface area contributed by atoms with E-state index in [1.54, 1.807) is 0 Å². The van der Waals surface area contributed by atoms with Gasteiger partial charge in [-0.25, -0.2) is 10.9 Å². The highest BCUT2D eigenvalue weighted by atomic mass is 16.5. The van der Waals surface area contributed by atoms with Crippen molar-refractivity contribution < 1.29 is 14.6 Å². The van der Waals surface area contributed by atoms with Crippen LogP contribution in [0.2, 0.25) is 0 Å². The standard InChI is InChI=1S/C12H14N2O3/c15-12(16)10-6-9(13-14-10)7-1-2-11-8(5-7)3-4-17-11/h1-2,5,9-10,13-14H,3-4,6H2,(H,15,16). The van der Waals surface area contributed by atoms with Crippen LogP contribution in [0.25, 0.3) is 0 Å². The summed E-state index contributed by atoms with van der Waals surface area (Å²) >= 11 is 0. The summed E-state index contributed by atoms with van der Waals surface area (Å²) in [4.78, 5) is 10.8. The third kappa shape index (κ3) is 1.87. The minimum atomic E-state index is -0.815. The van der Waals surface area contributed by atoms with Gasteiger partial charge >= 0.3 is 5.97 Å². The van der Waals surface area contributed by atoms with Crippen LogP contribution in [0.5, 0.6) is 5.75 Å². The third-order valence-electron chi connectivity index (χ3n) is 3.32. The van der Waals surface area contributed by atoms with Crippen LogP contribution >= 0.6 is 0 Å². The van der Waals surface area contributed by atoms with Crippen molar-refractivity contribution in [3.63, 3.8) is 0 Å². The summed E-state index contributed by atoms with van der Waals surface area (Å²) in [6.45, 7) is 0.743. The molecule has 2 atom stereocenters. The number of rotatable bonds is 2. The average Bonchev–Trinajstić information content (AvgIpc) is 2.97. The van der Waals surface area contributed by atoms with E-state index in [-0.39, 0.29) is 6.04 Å². The monoisotopic (exact) mass is 234 g/mol. The van der Waals surface area contributed by atoms with E-state index < -0.39 is 12.0 Å². The van der Waals surface area contributed by atoms with Crippen molar-refractivity contribution in [1.82, 2.24) is 10.9 Å². The number of hydrogen-bond acceptors (Lipinski definition) is 4. The molecule has 0 amide bonds. The van der Waals surface area contributed by atoms with Gasteiger partial charge in [0.1, 0.15) is 11.8 Å². The first-order valence-electron chi connectivity index (χ1n) is 5.73. The molecule has 0 spiro atoms. The van der Waals surface area contributed by atoms with Gasteiger partial charge in [0, 0.05) is 12.5 Å². The Morgan fingerprint density at radius 2 is 2.29 bits per heavy atom. The van der Waals surface area contributed by atoms with Gasteiger partial charge in [-0.05, 0) is 23.6 Å². The molecule has 0 aliphatic carbocycles. The molecule has 2 heterocycles. The number of carboxylic acid groups (broad SMARTS) is 1. The van der Waals surface area contributed by atoms with E-state index in [9.17, 15) is 4.79 Å². The maximum absolute atomic E-state index is 10.8. The molecule has 3 N–H and O–H groups in total. The van der Waals surface area contributed by atoms with Crippen molar-refractivity contribution in [1.29, 1.82) is 0 Å². The van der Waals surface area contributed by atoms with Gasteiger partial charge in [0.15, 0.2) is 0 Å². The lowest BCUT2D eigenvalue weighted by atomic mass is 9.99. The van der Waals surface area contributed by atoms with Gasteiger partial charge in [0.25, 0.3) is 0 Å². The number of ether oxygens (including phenoxy) is 1. The van der Waals surface area contributed by atoms with Crippen molar-refractivity contribution >= 4 is 5.97 Å². The van der Waals surface area contributed by atoms with E-state index in [4.69, 9.17) is 9.84 Å². The fraction of sp³-hybridized carbons (Fsp3) is 0.417. The van der Waals surface area contributed by atoms with Gasteiger partial charge in [0.05, 0.1) is 6.61 Å². The van der Waals surface area contributed by atoms with Crippen LogP contribution in [0, 0.1) is 0 Å². The molecule has 1 aromatic rings. The fourth-order valence-electron chi connectivity index (χ4n) is 2.36. The number of nitrogens with one attached hydrogen (secondary N) is 2. The Bertz CT molecular complexity index is 461. The summed E-state index contributed by atoms with van der Waals surface area (Å²) in [6.07, 6.45) is 1.50. The zero-order valence-electron chi connectivity index (χ0n) is 9.27. The Morgan fingerprint density at radius 3 is 3.06 bits per heavy atom. The molecule has 2 aliphatic rings. The zero-order chi connectivity index (χ0) is 11.8. The second-order valence-corrected chi connectivity index (χ2v) is 4.43. The van der Waals surface area contributed by atoms with Gasteiger partial charge < -0.3 is 9.84 Å². The lowest BCUT2D eigenvalue weighted by Crippen LogP contribution is -2.36. The highest BCUT2D eigenvalue weighted by Crippen LogP contribution is 2.30. The molecule has 1 saturated heterocycles. The summed E-state index contributed by atoms with van der Waals surface area (Å²) in [5, 5.41) is 8.91. The molecule has 5 nitrogen and oxygen atoms in total. The average molecular weight is 234 g/mol. The van der Waals surface area contributed by atoms with Gasteiger partial charge in [0.2, 0.25) is 0 Å². The Labute approximate surface area is 98.7 Å². The van der Waals surface area contributed by atoms with Gasteiger partial charge in [-0.15, -0.1) is 0 Å². The van der Waals surface area contributed by atoms with E-state index in [2.05, 4.69) is 16.9 Å². The van der Waals surface area contributed by atoms with E-state index in [0.29, 0.717) is 6.42 Å². The Balaban J connectivity index is 1.79. The van der Waals surface area contributed by atoms with Gasteiger partial charge in [-0.2, -0.15) is 0 Å². The summed E-state index contributed by atoms with van der Waals surface area (Å²) in [5.74, 6) is 0.138. The molecule has 1 aromatic carbocycles. The Kier molecular flexibility index (Phi) is 2.49. The van der Waals surface area contributed by atoms with Crippen LogP contribution in [0.4, 0.5) is 0 Å². The number of carboxylic acids is 1. The summed E-state index contributed by atoms with van der Waals surface area (Å²) < 4.78 is 5.45. The molecule has 2 aliphatic heterocycles. The largest absolute Gasteiger partial charge is 0.493 e. The molecule has 3 rings (SSSR count). The van der Waals surface area contributed by atoms with E-state index >= 15 is 0 Å². The van der Waals surface area contributed by atoms with Crippen LogP contribution in [-0.2, 0) is 11.2 Å². The normalized spacial score (nSPS) is 26.6. The molecule has 17 heavy (non-hydrogen) atoms. The lowest BCUT2D eigenvalue weighted by molar-refractivity contribution is -0.139. The summed E-state index contributed by atoms with van der Waals surface area (Å²) in [7, 11) is 0. The highest BCUT2D eigenvalue weighted by molar-refractivity contribution is 5.73. The molecule has 0 radical (unpaired) electrons. The van der Waals surface area contributed by atoms with E-state index in [0.717, 1.165) is 24.3 Å². The van der Waals surface area contributed by atoms with Gasteiger partial charge in [-0.3, -0.25) is 4.79 Å². The molecule has 5 heteroatoms. The van der Waals surface area contributed by atoms with E-state index in [1.165, 1.54) is 5.56 Å². The first-order valence-corrected chi connectivity index (χ1v) is 5.73. The van der Waals surface area contributed by atoms with Crippen LogP contribution < -0.4 is 15.6 Å². The van der Waals surface area contributed by atoms with Crippen LogP contribution in [0.1, 0.15) is 23.6 Å². The topological polar surface area (TPSA) is 70.6 Å². The molecule has 90 valence electrons. The summed E-state index contributed by atoms with van der Waals surface area (Å²) in [6, 6.07) is 5.61. The number of hydrazine groups is 1. The Hall–Kier alpha value is -1.59. The van der Waals surface area contributed by atoms with Crippen molar-refractivity contribution in [3.8, 4) is 5.75 Å². The quantitative estimate of drug-likeness (QED) is 0.699. The maximum Gasteiger partial charge on any atom is 0.322 e. The molecule has 0 bridgehead atoms. The molecular weight excluding hydrogens is 220 g/mol. The van der Waals surface area contributed by atoms with Crippen LogP contribution in [-0.4, -0.2) is 23.7 Å². The van der Waals surface area contributed by atoms with Crippen LogP contribution in [0.3, 0.4) is 0 Å². The lowest BCUT2D eigenvalue weighted by Gasteiger charge is -2.10. The summed E-state index contributed by atoms with van der Waals surface area (Å²) in [5.41, 5.74) is 8.14. The first-order chi connectivity index (χ1) is 8.24. The predicted octanol–water partition coefficient (Wildman–Crippen LogP) is 0.614. The third-order valence-corrected chi connectivity index (χ3v) is 3.32. The number of aliphatic carboxylic acids is 1. The fourth-order valence-corrected chi connectivity index (χ4v) is 2.36. The second-order valence-electron chi connectivity index (χ2n) is 4.43. The predicted molar refractivity (Wildman–Crippen MR) is 60.7 cm³/mol. The number of carbonyl (C=O) groups is 1. The maximum atomic E-state index is 10.8. The molecule has 2 unspecified atom stereocenters. The number of benzene rings is 1. The highest BCUT2D eigenvalue weighted by Gasteiger charge is 2.30. The number of fused-ring (bicyclic) bond motifs is 1. The van der Waals surface area contributed by atoms with Crippen LogP contribution in [0.15, 0.2) is 18.2 Å². The van der Waals surface area contributed by atoms with Crippen molar-refractivity contribution in [2.75, 3.05) is 6.61 Å². The minimum Gasteiger partial charge on any atom is -0.493 e. The van der Waals surface area contributed by atoms with Crippen molar-refractivity contribution in [2.45, 2.75) is 24.9 Å². The van der Waals surface area contributed by atoms with Crippen molar-refractivity contribution in [2.24, 2.45) is 0 Å². The molecular formula is C12H14N2O3. The minimum absolute atomic E-state index is 0.0574. The molecule has 1 fully saturated rings. The van der Waals surface area contributed by atoms with Crippen molar-refractivity contribution in [3.05, 3.63) is 29.3 Å². The zero-order valence-corrected chi connectivity index (χ0v) is 9.27.